The van der Waals surface area contributed by atoms with Gasteiger partial charge in [0.15, 0.2) is 5.78 Å². The van der Waals surface area contributed by atoms with Gasteiger partial charge in [-0.15, -0.1) is 0 Å². The summed E-state index contributed by atoms with van der Waals surface area (Å²) >= 11 is 0. The van der Waals surface area contributed by atoms with Crippen molar-refractivity contribution in [1.82, 2.24) is 0 Å². The van der Waals surface area contributed by atoms with Crippen LogP contribution in [0, 0.1) is 29.1 Å². The van der Waals surface area contributed by atoms with E-state index in [1.165, 1.54) is 44.1 Å². The fourth-order valence-corrected chi connectivity index (χ4v) is 7.30. The molecule has 0 aromatic carbocycles. The highest BCUT2D eigenvalue weighted by atomic mass is 16.5. The lowest BCUT2D eigenvalue weighted by atomic mass is 9.51. The number of carbonyl (C=O) groups excluding carboxylic acids is 2. The van der Waals surface area contributed by atoms with Crippen LogP contribution in [0.4, 0.5) is 0 Å². The first-order valence-electron chi connectivity index (χ1n) is 11.0. The van der Waals surface area contributed by atoms with Gasteiger partial charge in [0, 0.05) is 18.3 Å². The molecule has 26 heavy (non-hydrogen) atoms. The molecule has 0 aliphatic heterocycles. The number of esters is 1. The normalized spacial score (nSPS) is 41.7. The van der Waals surface area contributed by atoms with Gasteiger partial charge in [0.25, 0.3) is 0 Å². The smallest absolute Gasteiger partial charge is 0.305 e. The Balaban J connectivity index is 1.59. The molecule has 3 nitrogen and oxygen atoms in total. The van der Waals surface area contributed by atoms with E-state index in [1.54, 1.807) is 0 Å². The Kier molecular flexibility index (Phi) is 5.00. The first kappa shape index (κ1) is 18.3. The van der Waals surface area contributed by atoms with Gasteiger partial charge in [0.05, 0.1) is 0 Å². The van der Waals surface area contributed by atoms with Crippen LogP contribution < -0.4 is 0 Å². The zero-order valence-corrected chi connectivity index (χ0v) is 16.5. The monoisotopic (exact) mass is 358 g/mol. The number of ether oxygens (including phenoxy) is 1. The van der Waals surface area contributed by atoms with Crippen molar-refractivity contribution in [2.24, 2.45) is 29.1 Å². The summed E-state index contributed by atoms with van der Waals surface area (Å²) in [7, 11) is 0. The summed E-state index contributed by atoms with van der Waals surface area (Å²) in [5.41, 5.74) is 1.68. The second-order valence-electron chi connectivity index (χ2n) is 9.23. The number of carbonyl (C=O) groups is 2. The number of allylic oxidation sites excluding steroid dienone is 1. The quantitative estimate of drug-likeness (QED) is 0.646. The van der Waals surface area contributed by atoms with Crippen LogP contribution in [0.5, 0.6) is 0 Å². The van der Waals surface area contributed by atoms with E-state index in [0.29, 0.717) is 18.1 Å². The number of rotatable bonds is 4. The van der Waals surface area contributed by atoms with E-state index in [0.717, 1.165) is 43.4 Å². The maximum atomic E-state index is 12.0. The third kappa shape index (κ3) is 2.86. The molecule has 3 saturated carbocycles. The molecule has 0 aromatic heterocycles. The Morgan fingerprint density at radius 3 is 2.73 bits per heavy atom. The largest absolute Gasteiger partial charge is 0.462 e. The molecule has 3 fully saturated rings. The summed E-state index contributed by atoms with van der Waals surface area (Å²) in [6.45, 7) is 4.18. The van der Waals surface area contributed by atoms with Gasteiger partial charge < -0.3 is 4.74 Å². The van der Waals surface area contributed by atoms with Gasteiger partial charge in [0.2, 0.25) is 0 Å². The van der Waals surface area contributed by atoms with Gasteiger partial charge >= 0.3 is 5.97 Å². The van der Waals surface area contributed by atoms with E-state index in [9.17, 15) is 9.59 Å². The second-order valence-corrected chi connectivity index (χ2v) is 9.23. The highest BCUT2D eigenvalue weighted by Crippen LogP contribution is 2.64. The standard InChI is InChI=1S/C23H34O3/c1-3-12-23-13-11-18-17-8-6-16(24)14-15(17)5-7-19(18)20(23)9-10-21(23)26-22(25)4-2/h14,17-21H,3-13H2,1-2H3/t17-,18+,19+,20-,21-,23-/m0/s1. The van der Waals surface area contributed by atoms with Crippen molar-refractivity contribution in [1.29, 1.82) is 0 Å². The highest BCUT2D eigenvalue weighted by Gasteiger charge is 2.59. The van der Waals surface area contributed by atoms with Crippen LogP contribution in [0.1, 0.15) is 84.5 Å². The molecule has 0 unspecified atom stereocenters. The van der Waals surface area contributed by atoms with Gasteiger partial charge in [-0.3, -0.25) is 9.59 Å². The van der Waals surface area contributed by atoms with Crippen molar-refractivity contribution in [2.75, 3.05) is 0 Å². The summed E-state index contributed by atoms with van der Waals surface area (Å²) in [6.07, 6.45) is 13.9. The summed E-state index contributed by atoms with van der Waals surface area (Å²) in [5.74, 6) is 3.24. The second kappa shape index (κ2) is 7.13. The van der Waals surface area contributed by atoms with Gasteiger partial charge in [-0.25, -0.2) is 0 Å². The third-order valence-electron chi connectivity index (χ3n) is 8.21. The maximum Gasteiger partial charge on any atom is 0.305 e. The Hall–Kier alpha value is -1.12. The molecule has 0 spiro atoms. The molecule has 4 rings (SSSR count). The van der Waals surface area contributed by atoms with Crippen molar-refractivity contribution >= 4 is 11.8 Å². The third-order valence-corrected chi connectivity index (χ3v) is 8.21. The van der Waals surface area contributed by atoms with Gasteiger partial charge in [0.1, 0.15) is 6.10 Å². The molecule has 3 heteroatoms. The van der Waals surface area contributed by atoms with Crippen LogP contribution in [0.2, 0.25) is 0 Å². The van der Waals surface area contributed by atoms with Crippen molar-refractivity contribution in [2.45, 2.75) is 90.6 Å². The van der Waals surface area contributed by atoms with Crippen molar-refractivity contribution < 1.29 is 14.3 Å². The minimum atomic E-state index is -0.0205. The molecule has 0 bridgehead atoms. The number of ketones is 1. The summed E-state index contributed by atoms with van der Waals surface area (Å²) in [5, 5.41) is 0. The molecule has 144 valence electrons. The molecule has 6 atom stereocenters. The van der Waals surface area contributed by atoms with E-state index in [-0.39, 0.29) is 17.5 Å². The minimum absolute atomic E-state index is 0.0205. The first-order chi connectivity index (χ1) is 12.6. The van der Waals surface area contributed by atoms with Crippen LogP contribution in [0.25, 0.3) is 0 Å². The summed E-state index contributed by atoms with van der Waals surface area (Å²) < 4.78 is 5.99. The van der Waals surface area contributed by atoms with Crippen LogP contribution in [0.3, 0.4) is 0 Å². The molecule has 0 aromatic rings. The maximum absolute atomic E-state index is 12.0. The fraction of sp³-hybridized carbons (Fsp3) is 0.826. The highest BCUT2D eigenvalue weighted by molar-refractivity contribution is 5.91. The van der Waals surface area contributed by atoms with E-state index >= 15 is 0 Å². The summed E-state index contributed by atoms with van der Waals surface area (Å²) in [6, 6.07) is 0. The average Bonchev–Trinajstić information content (AvgIpc) is 2.99. The van der Waals surface area contributed by atoms with Gasteiger partial charge in [-0.05, 0) is 81.1 Å². The molecule has 0 heterocycles. The Morgan fingerprint density at radius 1 is 1.12 bits per heavy atom. The zero-order chi connectivity index (χ0) is 18.3. The van der Waals surface area contributed by atoms with Crippen LogP contribution >= 0.6 is 0 Å². The molecule has 0 radical (unpaired) electrons. The Bertz CT molecular complexity index is 607. The summed E-state index contributed by atoms with van der Waals surface area (Å²) in [4.78, 5) is 23.9. The average molecular weight is 359 g/mol. The van der Waals surface area contributed by atoms with E-state index in [4.69, 9.17) is 4.74 Å². The lowest BCUT2D eigenvalue weighted by Crippen LogP contribution is -2.49. The predicted molar refractivity (Wildman–Crippen MR) is 101 cm³/mol. The fourth-order valence-electron chi connectivity index (χ4n) is 7.30. The minimum Gasteiger partial charge on any atom is -0.462 e. The van der Waals surface area contributed by atoms with Crippen molar-refractivity contribution in [3.63, 3.8) is 0 Å². The lowest BCUT2D eigenvalue weighted by Gasteiger charge is -2.54. The van der Waals surface area contributed by atoms with Crippen LogP contribution in [-0.4, -0.2) is 17.9 Å². The first-order valence-corrected chi connectivity index (χ1v) is 11.0. The topological polar surface area (TPSA) is 43.4 Å². The van der Waals surface area contributed by atoms with E-state index in [2.05, 4.69) is 6.92 Å². The molecular weight excluding hydrogens is 324 g/mol. The predicted octanol–water partition coefficient (Wildman–Crippen LogP) is 5.23. The molecule has 4 aliphatic carbocycles. The van der Waals surface area contributed by atoms with Gasteiger partial charge in [-0.2, -0.15) is 0 Å². The number of hydrogen-bond donors (Lipinski definition) is 0. The zero-order valence-electron chi connectivity index (χ0n) is 16.5. The van der Waals surface area contributed by atoms with Crippen LogP contribution in [-0.2, 0) is 14.3 Å². The van der Waals surface area contributed by atoms with E-state index in [1.807, 2.05) is 13.0 Å². The number of fused-ring (bicyclic) bond motifs is 5. The molecular formula is C23H34O3. The van der Waals surface area contributed by atoms with E-state index < -0.39 is 0 Å². The van der Waals surface area contributed by atoms with Gasteiger partial charge in [-0.1, -0.05) is 25.8 Å². The van der Waals surface area contributed by atoms with Crippen molar-refractivity contribution in [3.05, 3.63) is 11.6 Å². The lowest BCUT2D eigenvalue weighted by molar-refractivity contribution is -0.160. The Labute approximate surface area is 157 Å². The molecule has 0 amide bonds. The molecule has 4 aliphatic rings. The van der Waals surface area contributed by atoms with Crippen molar-refractivity contribution in [3.8, 4) is 0 Å². The number of hydrogen-bond acceptors (Lipinski definition) is 3. The molecule has 0 saturated heterocycles. The molecule has 0 N–H and O–H groups in total. The Morgan fingerprint density at radius 2 is 1.96 bits per heavy atom. The SMILES string of the molecule is CCC[C@]12CC[C@H]3[C@@H](CCC4=CC(=O)CC[C@@H]43)[C@@H]1CC[C@@H]2OC(=O)CC. The van der Waals surface area contributed by atoms with Crippen LogP contribution in [0.15, 0.2) is 11.6 Å².